The number of likely N-dealkylation sites (tertiary alicyclic amines) is 1. The molecule has 6 nitrogen and oxygen atoms in total. The third kappa shape index (κ3) is 4.75. The molecule has 1 heterocycles. The van der Waals surface area contributed by atoms with Crippen LogP contribution in [0.5, 0.6) is 0 Å². The average Bonchev–Trinajstić information content (AvgIpc) is 3.00. The molecule has 1 aromatic rings. The summed E-state index contributed by atoms with van der Waals surface area (Å²) in [5, 5.41) is 0. The van der Waals surface area contributed by atoms with Crippen LogP contribution in [0.15, 0.2) is 30.3 Å². The van der Waals surface area contributed by atoms with Gasteiger partial charge in [-0.2, -0.15) is 0 Å². The number of hydrogen-bond acceptors (Lipinski definition) is 5. The van der Waals surface area contributed by atoms with E-state index in [1.54, 1.807) is 4.90 Å². The second-order valence-electron chi connectivity index (χ2n) is 4.78. The first kappa shape index (κ1) is 15.3. The molecule has 1 unspecified atom stereocenters. The first-order valence-electron chi connectivity index (χ1n) is 6.83. The third-order valence-corrected chi connectivity index (χ3v) is 3.27. The number of carbonyl (C=O) groups excluding carboxylic acids is 2. The van der Waals surface area contributed by atoms with Crippen molar-refractivity contribution in [3.05, 3.63) is 35.9 Å². The third-order valence-electron chi connectivity index (χ3n) is 3.27. The fourth-order valence-electron chi connectivity index (χ4n) is 2.09. The second-order valence-corrected chi connectivity index (χ2v) is 4.78. The lowest BCUT2D eigenvalue weighted by molar-refractivity contribution is -0.147. The standard InChI is InChI=1S/C15H19NO5/c1-19-14(17)11-20-13-7-8-16(9-13)15(18)21-10-12-5-3-2-4-6-12/h2-6,13H,7-11H2,1H3. The molecule has 1 aliphatic rings. The molecule has 6 heteroatoms. The van der Waals surface area contributed by atoms with Crippen LogP contribution in [0.4, 0.5) is 4.79 Å². The summed E-state index contributed by atoms with van der Waals surface area (Å²) in [5.41, 5.74) is 0.948. The van der Waals surface area contributed by atoms with E-state index in [4.69, 9.17) is 9.47 Å². The van der Waals surface area contributed by atoms with Gasteiger partial charge >= 0.3 is 12.1 Å². The zero-order valence-electron chi connectivity index (χ0n) is 12.0. The minimum absolute atomic E-state index is 0.0892. The van der Waals surface area contributed by atoms with E-state index in [0.717, 1.165) is 5.56 Å². The highest BCUT2D eigenvalue weighted by Gasteiger charge is 2.28. The Labute approximate surface area is 123 Å². The molecular formula is C15H19NO5. The molecule has 21 heavy (non-hydrogen) atoms. The lowest BCUT2D eigenvalue weighted by Crippen LogP contribution is -2.31. The van der Waals surface area contributed by atoms with Crippen molar-refractivity contribution in [2.75, 3.05) is 26.8 Å². The van der Waals surface area contributed by atoms with E-state index in [0.29, 0.717) is 19.5 Å². The Morgan fingerprint density at radius 1 is 1.29 bits per heavy atom. The monoisotopic (exact) mass is 293 g/mol. The quantitative estimate of drug-likeness (QED) is 0.771. The molecule has 0 aromatic heterocycles. The van der Waals surface area contributed by atoms with E-state index in [2.05, 4.69) is 4.74 Å². The largest absolute Gasteiger partial charge is 0.467 e. The Morgan fingerprint density at radius 3 is 2.76 bits per heavy atom. The van der Waals surface area contributed by atoms with Gasteiger partial charge in [0.2, 0.25) is 0 Å². The van der Waals surface area contributed by atoms with Gasteiger partial charge in [0.1, 0.15) is 13.2 Å². The van der Waals surface area contributed by atoms with Crippen molar-refractivity contribution in [3.8, 4) is 0 Å². The van der Waals surface area contributed by atoms with Crippen LogP contribution in [0.3, 0.4) is 0 Å². The van der Waals surface area contributed by atoms with E-state index in [1.165, 1.54) is 7.11 Å². The van der Waals surface area contributed by atoms with Gasteiger partial charge in [-0.25, -0.2) is 9.59 Å². The zero-order valence-corrected chi connectivity index (χ0v) is 12.0. The Balaban J connectivity index is 1.71. The maximum absolute atomic E-state index is 11.9. The van der Waals surface area contributed by atoms with Gasteiger partial charge in [-0.3, -0.25) is 0 Å². The first-order chi connectivity index (χ1) is 10.2. The smallest absolute Gasteiger partial charge is 0.410 e. The highest BCUT2D eigenvalue weighted by molar-refractivity contribution is 5.70. The fraction of sp³-hybridized carbons (Fsp3) is 0.467. The number of nitrogens with zero attached hydrogens (tertiary/aromatic N) is 1. The molecule has 1 aromatic carbocycles. The van der Waals surface area contributed by atoms with Gasteiger partial charge in [-0.15, -0.1) is 0 Å². The fourth-order valence-corrected chi connectivity index (χ4v) is 2.09. The summed E-state index contributed by atoms with van der Waals surface area (Å²) in [6.07, 6.45) is 0.189. The highest BCUT2D eigenvalue weighted by Crippen LogP contribution is 2.14. The van der Waals surface area contributed by atoms with Crippen LogP contribution in [0, 0.1) is 0 Å². The van der Waals surface area contributed by atoms with Crippen molar-refractivity contribution in [3.63, 3.8) is 0 Å². The van der Waals surface area contributed by atoms with E-state index in [1.807, 2.05) is 30.3 Å². The number of methoxy groups -OCH3 is 1. The van der Waals surface area contributed by atoms with E-state index >= 15 is 0 Å². The molecule has 114 valence electrons. The van der Waals surface area contributed by atoms with Gasteiger partial charge in [0.05, 0.1) is 19.8 Å². The molecule has 0 radical (unpaired) electrons. The number of rotatable bonds is 5. The van der Waals surface area contributed by atoms with Crippen LogP contribution in [0.25, 0.3) is 0 Å². The number of amides is 1. The SMILES string of the molecule is COC(=O)COC1CCN(C(=O)OCc2ccccc2)C1. The van der Waals surface area contributed by atoms with E-state index in [-0.39, 0.29) is 25.4 Å². The van der Waals surface area contributed by atoms with Crippen molar-refractivity contribution < 1.29 is 23.8 Å². The summed E-state index contributed by atoms with van der Waals surface area (Å²) in [5.74, 6) is -0.417. The summed E-state index contributed by atoms with van der Waals surface area (Å²) in [7, 11) is 1.31. The highest BCUT2D eigenvalue weighted by atomic mass is 16.6. The molecule has 0 bridgehead atoms. The van der Waals surface area contributed by atoms with Crippen LogP contribution >= 0.6 is 0 Å². The molecule has 0 N–H and O–H groups in total. The molecule has 1 aliphatic heterocycles. The number of esters is 1. The van der Waals surface area contributed by atoms with Crippen molar-refractivity contribution in [2.45, 2.75) is 19.1 Å². The molecule has 1 amide bonds. The summed E-state index contributed by atoms with van der Waals surface area (Å²) >= 11 is 0. The predicted molar refractivity (Wildman–Crippen MR) is 74.6 cm³/mol. The van der Waals surface area contributed by atoms with Gasteiger partial charge in [0, 0.05) is 6.54 Å². The number of benzene rings is 1. The molecule has 1 fully saturated rings. The number of ether oxygens (including phenoxy) is 3. The van der Waals surface area contributed by atoms with Crippen LogP contribution < -0.4 is 0 Å². The number of carbonyl (C=O) groups is 2. The molecule has 0 spiro atoms. The summed E-state index contributed by atoms with van der Waals surface area (Å²) in [4.78, 5) is 24.5. The van der Waals surface area contributed by atoms with Gasteiger partial charge in [-0.1, -0.05) is 30.3 Å². The van der Waals surface area contributed by atoms with E-state index < -0.39 is 5.97 Å². The summed E-state index contributed by atoms with van der Waals surface area (Å²) in [6.45, 7) is 1.17. The lowest BCUT2D eigenvalue weighted by Gasteiger charge is -2.16. The van der Waals surface area contributed by atoms with Crippen molar-refractivity contribution in [2.24, 2.45) is 0 Å². The van der Waals surface area contributed by atoms with Crippen LogP contribution in [-0.2, 0) is 25.6 Å². The van der Waals surface area contributed by atoms with Crippen molar-refractivity contribution >= 4 is 12.1 Å². The molecule has 0 saturated carbocycles. The lowest BCUT2D eigenvalue weighted by atomic mass is 10.2. The Bertz CT molecular complexity index is 476. The average molecular weight is 293 g/mol. The maximum Gasteiger partial charge on any atom is 0.410 e. The van der Waals surface area contributed by atoms with Gasteiger partial charge in [0.25, 0.3) is 0 Å². The molecule has 1 atom stereocenters. The van der Waals surface area contributed by atoms with Gasteiger partial charge in [0.15, 0.2) is 0 Å². The first-order valence-corrected chi connectivity index (χ1v) is 6.83. The molecule has 1 saturated heterocycles. The Kier molecular flexibility index (Phi) is 5.57. The van der Waals surface area contributed by atoms with Gasteiger partial charge in [-0.05, 0) is 12.0 Å². The van der Waals surface area contributed by atoms with E-state index in [9.17, 15) is 9.59 Å². The molecule has 2 rings (SSSR count). The van der Waals surface area contributed by atoms with Crippen molar-refractivity contribution in [1.29, 1.82) is 0 Å². The van der Waals surface area contributed by atoms with Crippen LogP contribution in [0.2, 0.25) is 0 Å². The minimum Gasteiger partial charge on any atom is -0.467 e. The predicted octanol–water partition coefficient (Wildman–Crippen LogP) is 1.59. The Morgan fingerprint density at radius 2 is 2.05 bits per heavy atom. The topological polar surface area (TPSA) is 65.1 Å². The summed E-state index contributed by atoms with van der Waals surface area (Å²) in [6, 6.07) is 9.51. The van der Waals surface area contributed by atoms with Crippen molar-refractivity contribution in [1.82, 2.24) is 4.90 Å². The zero-order chi connectivity index (χ0) is 15.1. The Hall–Kier alpha value is -2.08. The summed E-state index contributed by atoms with van der Waals surface area (Å²) < 4.78 is 15.1. The normalized spacial score (nSPS) is 17.6. The molecular weight excluding hydrogens is 274 g/mol. The van der Waals surface area contributed by atoms with Gasteiger partial charge < -0.3 is 19.1 Å². The molecule has 0 aliphatic carbocycles. The minimum atomic E-state index is -0.417. The maximum atomic E-state index is 11.9. The number of hydrogen-bond donors (Lipinski definition) is 0. The second kappa shape index (κ2) is 7.64. The van der Waals surface area contributed by atoms with Crippen LogP contribution in [-0.4, -0.2) is 49.9 Å². The van der Waals surface area contributed by atoms with Crippen LogP contribution in [0.1, 0.15) is 12.0 Å².